The predicted octanol–water partition coefficient (Wildman–Crippen LogP) is 2.92. The number of nitrogens with zero attached hydrogens (tertiary/aromatic N) is 5. The summed E-state index contributed by atoms with van der Waals surface area (Å²) in [5.41, 5.74) is 2.73. The second-order valence-corrected chi connectivity index (χ2v) is 7.15. The van der Waals surface area contributed by atoms with Crippen molar-refractivity contribution in [3.05, 3.63) is 83.8 Å². The van der Waals surface area contributed by atoms with Crippen LogP contribution in [0.3, 0.4) is 0 Å². The van der Waals surface area contributed by atoms with Gasteiger partial charge in [0.15, 0.2) is 0 Å². The third kappa shape index (κ3) is 4.80. The molecule has 0 bridgehead atoms. The number of hydrogen-bond donors (Lipinski definition) is 1. The topological polar surface area (TPSA) is 85.1 Å². The molecule has 1 aliphatic rings. The SMILES string of the molecule is N#Cc1ccc(NC(=O)c2cnc(N3CCN(Cc4ccccc4)CC3)cn2)cc1. The monoisotopic (exact) mass is 398 g/mol. The number of nitrogens with one attached hydrogen (secondary N) is 1. The summed E-state index contributed by atoms with van der Waals surface area (Å²) in [6.45, 7) is 4.61. The second-order valence-electron chi connectivity index (χ2n) is 7.15. The zero-order valence-corrected chi connectivity index (χ0v) is 16.5. The molecule has 1 aromatic heterocycles. The molecule has 2 aromatic carbocycles. The number of carbonyl (C=O) groups is 1. The Kier molecular flexibility index (Phi) is 5.97. The lowest BCUT2D eigenvalue weighted by atomic mass is 10.2. The molecule has 0 saturated carbocycles. The molecule has 1 N–H and O–H groups in total. The van der Waals surface area contributed by atoms with Crippen molar-refractivity contribution in [1.82, 2.24) is 14.9 Å². The van der Waals surface area contributed by atoms with Crippen molar-refractivity contribution < 1.29 is 4.79 Å². The fraction of sp³-hybridized carbons (Fsp3) is 0.217. The fourth-order valence-electron chi connectivity index (χ4n) is 3.40. The van der Waals surface area contributed by atoms with E-state index in [0.29, 0.717) is 11.3 Å². The summed E-state index contributed by atoms with van der Waals surface area (Å²) in [4.78, 5) is 25.7. The van der Waals surface area contributed by atoms with Gasteiger partial charge in [0.25, 0.3) is 5.91 Å². The van der Waals surface area contributed by atoms with E-state index in [9.17, 15) is 4.79 Å². The minimum atomic E-state index is -0.327. The third-order valence-electron chi connectivity index (χ3n) is 5.09. The number of piperazine rings is 1. The standard InChI is InChI=1S/C23H22N6O/c24-14-18-6-8-20(9-7-18)27-23(30)21-15-26-22(16-25-21)29-12-10-28(11-13-29)17-19-4-2-1-3-5-19/h1-9,15-16H,10-13,17H2,(H,27,30). The molecular weight excluding hydrogens is 376 g/mol. The first-order valence-electron chi connectivity index (χ1n) is 9.86. The molecule has 0 unspecified atom stereocenters. The van der Waals surface area contributed by atoms with Gasteiger partial charge in [-0.3, -0.25) is 9.69 Å². The first-order valence-corrected chi connectivity index (χ1v) is 9.86. The number of hydrogen-bond acceptors (Lipinski definition) is 6. The van der Waals surface area contributed by atoms with Crippen LogP contribution in [0.2, 0.25) is 0 Å². The molecule has 7 heteroatoms. The lowest BCUT2D eigenvalue weighted by molar-refractivity contribution is 0.102. The Balaban J connectivity index is 1.31. The van der Waals surface area contributed by atoms with Gasteiger partial charge in [-0.15, -0.1) is 0 Å². The minimum Gasteiger partial charge on any atom is -0.353 e. The molecule has 1 saturated heterocycles. The summed E-state index contributed by atoms with van der Waals surface area (Å²) in [5.74, 6) is 0.454. The lowest BCUT2D eigenvalue weighted by Crippen LogP contribution is -2.46. The zero-order valence-electron chi connectivity index (χ0n) is 16.5. The van der Waals surface area contributed by atoms with Crippen LogP contribution in [0.1, 0.15) is 21.6 Å². The fourth-order valence-corrected chi connectivity index (χ4v) is 3.40. The van der Waals surface area contributed by atoms with Gasteiger partial charge in [-0.25, -0.2) is 9.97 Å². The number of aromatic nitrogens is 2. The maximum atomic E-state index is 12.4. The van der Waals surface area contributed by atoms with Crippen molar-refractivity contribution in [2.24, 2.45) is 0 Å². The molecule has 4 rings (SSSR count). The largest absolute Gasteiger partial charge is 0.353 e. The summed E-state index contributed by atoms with van der Waals surface area (Å²) in [7, 11) is 0. The van der Waals surface area contributed by atoms with Crippen LogP contribution in [0.5, 0.6) is 0 Å². The summed E-state index contributed by atoms with van der Waals surface area (Å²) in [6, 6.07) is 19.2. The highest BCUT2D eigenvalue weighted by Gasteiger charge is 2.19. The Morgan fingerprint density at radius 1 is 0.967 bits per heavy atom. The number of rotatable bonds is 5. The van der Waals surface area contributed by atoms with Crippen molar-refractivity contribution >= 4 is 17.4 Å². The number of amides is 1. The van der Waals surface area contributed by atoms with Crippen LogP contribution in [0.25, 0.3) is 0 Å². The Morgan fingerprint density at radius 2 is 1.70 bits per heavy atom. The maximum Gasteiger partial charge on any atom is 0.275 e. The summed E-state index contributed by atoms with van der Waals surface area (Å²) in [5, 5.41) is 11.6. The van der Waals surface area contributed by atoms with Crippen LogP contribution < -0.4 is 10.2 Å². The van der Waals surface area contributed by atoms with Crippen LogP contribution in [0, 0.1) is 11.3 Å². The first kappa shape index (κ1) is 19.6. The maximum absolute atomic E-state index is 12.4. The summed E-state index contributed by atoms with van der Waals surface area (Å²) >= 11 is 0. The molecule has 150 valence electrons. The average molecular weight is 398 g/mol. The molecule has 0 spiro atoms. The van der Waals surface area contributed by atoms with Crippen LogP contribution in [-0.2, 0) is 6.54 Å². The van der Waals surface area contributed by atoms with Crippen molar-refractivity contribution in [2.45, 2.75) is 6.54 Å². The van der Waals surface area contributed by atoms with Gasteiger partial charge in [0.1, 0.15) is 11.5 Å². The van der Waals surface area contributed by atoms with Gasteiger partial charge < -0.3 is 10.2 Å². The number of nitriles is 1. The highest BCUT2D eigenvalue weighted by Crippen LogP contribution is 2.15. The van der Waals surface area contributed by atoms with Crippen molar-refractivity contribution in [3.8, 4) is 6.07 Å². The number of anilines is 2. The van der Waals surface area contributed by atoms with Gasteiger partial charge in [-0.05, 0) is 29.8 Å². The van der Waals surface area contributed by atoms with E-state index in [-0.39, 0.29) is 11.6 Å². The molecule has 3 aromatic rings. The molecule has 30 heavy (non-hydrogen) atoms. The minimum absolute atomic E-state index is 0.255. The van der Waals surface area contributed by atoms with E-state index in [1.165, 1.54) is 11.8 Å². The summed E-state index contributed by atoms with van der Waals surface area (Å²) in [6.07, 6.45) is 3.16. The van der Waals surface area contributed by atoms with E-state index in [2.05, 4.69) is 49.4 Å². The molecule has 1 aliphatic heterocycles. The smallest absolute Gasteiger partial charge is 0.275 e. The van der Waals surface area contributed by atoms with Gasteiger partial charge in [0.05, 0.1) is 24.0 Å². The third-order valence-corrected chi connectivity index (χ3v) is 5.09. The molecule has 0 aliphatic carbocycles. The van der Waals surface area contributed by atoms with Crippen LogP contribution in [0.4, 0.5) is 11.5 Å². The second kappa shape index (κ2) is 9.16. The predicted molar refractivity (Wildman–Crippen MR) is 115 cm³/mol. The van der Waals surface area contributed by atoms with Crippen LogP contribution in [-0.4, -0.2) is 47.0 Å². The highest BCUT2D eigenvalue weighted by molar-refractivity contribution is 6.02. The molecule has 2 heterocycles. The van der Waals surface area contributed by atoms with Gasteiger partial charge in [-0.2, -0.15) is 5.26 Å². The first-order chi connectivity index (χ1) is 14.7. The molecule has 1 amide bonds. The Hall–Kier alpha value is -3.76. The van der Waals surface area contributed by atoms with Gasteiger partial charge in [0.2, 0.25) is 0 Å². The average Bonchev–Trinajstić information content (AvgIpc) is 2.81. The van der Waals surface area contributed by atoms with Crippen molar-refractivity contribution in [3.63, 3.8) is 0 Å². The Labute approximate surface area is 175 Å². The van der Waals surface area contributed by atoms with E-state index in [0.717, 1.165) is 38.5 Å². The van der Waals surface area contributed by atoms with E-state index in [4.69, 9.17) is 5.26 Å². The molecule has 0 radical (unpaired) electrons. The molecule has 0 atom stereocenters. The number of carbonyl (C=O) groups excluding carboxylic acids is 1. The van der Waals surface area contributed by atoms with Gasteiger partial charge in [0, 0.05) is 38.4 Å². The summed E-state index contributed by atoms with van der Waals surface area (Å²) < 4.78 is 0. The zero-order chi connectivity index (χ0) is 20.8. The normalized spacial score (nSPS) is 14.2. The van der Waals surface area contributed by atoms with E-state index in [1.807, 2.05) is 12.1 Å². The van der Waals surface area contributed by atoms with Crippen molar-refractivity contribution in [1.29, 1.82) is 5.26 Å². The van der Waals surface area contributed by atoms with Gasteiger partial charge >= 0.3 is 0 Å². The Bertz CT molecular complexity index is 1020. The van der Waals surface area contributed by atoms with Crippen molar-refractivity contribution in [2.75, 3.05) is 36.4 Å². The van der Waals surface area contributed by atoms with E-state index >= 15 is 0 Å². The molecular formula is C23H22N6O. The van der Waals surface area contributed by atoms with Gasteiger partial charge in [-0.1, -0.05) is 30.3 Å². The van der Waals surface area contributed by atoms with E-state index in [1.54, 1.807) is 30.5 Å². The Morgan fingerprint density at radius 3 is 2.33 bits per heavy atom. The molecule has 7 nitrogen and oxygen atoms in total. The lowest BCUT2D eigenvalue weighted by Gasteiger charge is -2.35. The highest BCUT2D eigenvalue weighted by atomic mass is 16.1. The van der Waals surface area contributed by atoms with Crippen LogP contribution in [0.15, 0.2) is 67.0 Å². The van der Waals surface area contributed by atoms with E-state index < -0.39 is 0 Å². The van der Waals surface area contributed by atoms with Crippen LogP contribution >= 0.6 is 0 Å². The molecule has 1 fully saturated rings. The quantitative estimate of drug-likeness (QED) is 0.711. The number of benzene rings is 2.